The molecule has 0 radical (unpaired) electrons. The molecule has 0 atom stereocenters. The van der Waals surface area contributed by atoms with Crippen molar-refractivity contribution in [3.8, 4) is 0 Å². The van der Waals surface area contributed by atoms with Crippen LogP contribution in [-0.2, 0) is 23.5 Å². The first-order chi connectivity index (χ1) is 13.2. The van der Waals surface area contributed by atoms with E-state index in [0.29, 0.717) is 35.6 Å². The maximum absolute atomic E-state index is 11.1. The number of thioether (sulfide) groups is 1. The summed E-state index contributed by atoms with van der Waals surface area (Å²) in [5.74, 6) is 2.22. The average molecular weight is 383 g/mol. The van der Waals surface area contributed by atoms with Crippen molar-refractivity contribution in [1.82, 2.24) is 19.7 Å². The van der Waals surface area contributed by atoms with Gasteiger partial charge in [0.15, 0.2) is 10.7 Å². The lowest BCUT2D eigenvalue weighted by Gasteiger charge is -2.07. The summed E-state index contributed by atoms with van der Waals surface area (Å²) in [6, 6.07) is 11.3. The van der Waals surface area contributed by atoms with Crippen LogP contribution >= 0.6 is 11.8 Å². The Bertz CT molecular complexity index is 1020. The summed E-state index contributed by atoms with van der Waals surface area (Å²) in [6.07, 6.45) is 2.26. The van der Waals surface area contributed by atoms with Crippen molar-refractivity contribution in [2.24, 2.45) is 5.73 Å². The molecule has 0 aliphatic carbocycles. The van der Waals surface area contributed by atoms with Crippen LogP contribution in [-0.4, -0.2) is 25.7 Å². The van der Waals surface area contributed by atoms with Gasteiger partial charge in [0.1, 0.15) is 17.1 Å². The topological polar surface area (TPSA) is 113 Å². The van der Waals surface area contributed by atoms with E-state index >= 15 is 0 Å². The van der Waals surface area contributed by atoms with Gasteiger partial charge in [-0.3, -0.25) is 9.36 Å². The molecule has 138 valence electrons. The lowest BCUT2D eigenvalue weighted by Crippen LogP contribution is -2.14. The van der Waals surface area contributed by atoms with Gasteiger partial charge in [-0.15, -0.1) is 10.2 Å². The zero-order chi connectivity index (χ0) is 18.6. The van der Waals surface area contributed by atoms with Gasteiger partial charge in [0.25, 0.3) is 0 Å². The number of carbonyl (C=O) groups is 1. The highest BCUT2D eigenvalue weighted by atomic mass is 32.2. The van der Waals surface area contributed by atoms with Crippen LogP contribution in [0.3, 0.4) is 0 Å². The highest BCUT2D eigenvalue weighted by Crippen LogP contribution is 2.25. The minimum atomic E-state index is -0.372. The summed E-state index contributed by atoms with van der Waals surface area (Å²) < 4.78 is 13.1. The van der Waals surface area contributed by atoms with Gasteiger partial charge in [-0.05, 0) is 24.3 Å². The van der Waals surface area contributed by atoms with Gasteiger partial charge in [-0.2, -0.15) is 0 Å². The van der Waals surface area contributed by atoms with Crippen LogP contribution in [0.1, 0.15) is 23.9 Å². The average Bonchev–Trinajstić information content (AvgIpc) is 3.38. The van der Waals surface area contributed by atoms with E-state index in [0.717, 1.165) is 16.9 Å². The maximum Gasteiger partial charge on any atom is 0.217 e. The maximum atomic E-state index is 11.1. The Morgan fingerprint density at radius 1 is 1.19 bits per heavy atom. The number of nitrogens with two attached hydrogens (primary N) is 1. The fourth-order valence-corrected chi connectivity index (χ4v) is 3.47. The minimum Gasteiger partial charge on any atom is -0.467 e. The number of aromatic nitrogens is 4. The number of hydrogen-bond donors (Lipinski definition) is 1. The molecule has 3 heterocycles. The first-order valence-electron chi connectivity index (χ1n) is 8.39. The monoisotopic (exact) mass is 383 g/mol. The van der Waals surface area contributed by atoms with Crippen molar-refractivity contribution in [1.29, 1.82) is 0 Å². The second kappa shape index (κ2) is 7.67. The summed E-state index contributed by atoms with van der Waals surface area (Å²) in [5, 5.41) is 9.17. The van der Waals surface area contributed by atoms with Crippen molar-refractivity contribution in [3.05, 3.63) is 60.1 Å². The second-order valence-electron chi connectivity index (χ2n) is 5.89. The van der Waals surface area contributed by atoms with Gasteiger partial charge in [0.2, 0.25) is 11.8 Å². The van der Waals surface area contributed by atoms with Crippen LogP contribution in [0.15, 0.2) is 56.7 Å². The summed E-state index contributed by atoms with van der Waals surface area (Å²) in [5.41, 5.74) is 6.85. The quantitative estimate of drug-likeness (QED) is 0.465. The smallest absolute Gasteiger partial charge is 0.217 e. The molecule has 4 rings (SSSR count). The molecule has 0 aliphatic rings. The molecular weight excluding hydrogens is 366 g/mol. The van der Waals surface area contributed by atoms with E-state index < -0.39 is 0 Å². The molecule has 0 fully saturated rings. The van der Waals surface area contributed by atoms with Crippen molar-refractivity contribution < 1.29 is 13.6 Å². The second-order valence-corrected chi connectivity index (χ2v) is 6.84. The normalized spacial score (nSPS) is 11.3. The Labute approximate surface area is 158 Å². The van der Waals surface area contributed by atoms with Gasteiger partial charge in [-0.1, -0.05) is 23.9 Å². The summed E-state index contributed by atoms with van der Waals surface area (Å²) in [6.45, 7) is 0.476. The fraction of sp³-hybridized carbons (Fsp3) is 0.222. The predicted molar refractivity (Wildman–Crippen MR) is 98.9 cm³/mol. The number of hydrogen-bond acceptors (Lipinski definition) is 7. The van der Waals surface area contributed by atoms with E-state index in [1.807, 2.05) is 41.0 Å². The predicted octanol–water partition coefficient (Wildman–Crippen LogP) is 2.77. The molecule has 27 heavy (non-hydrogen) atoms. The van der Waals surface area contributed by atoms with Crippen molar-refractivity contribution in [2.75, 3.05) is 0 Å². The van der Waals surface area contributed by atoms with E-state index in [2.05, 4.69) is 15.2 Å². The lowest BCUT2D eigenvalue weighted by atomic mass is 10.3. The number of furan rings is 1. The first-order valence-corrected chi connectivity index (χ1v) is 9.37. The van der Waals surface area contributed by atoms with E-state index in [1.54, 1.807) is 6.26 Å². The molecule has 0 bridgehead atoms. The van der Waals surface area contributed by atoms with Gasteiger partial charge in [-0.25, -0.2) is 4.98 Å². The molecule has 0 aliphatic heterocycles. The Morgan fingerprint density at radius 2 is 2.07 bits per heavy atom. The SMILES string of the molecule is NC(=O)CCc1nnc(SCc2nc3ccccc3o2)n1Cc1ccco1. The van der Waals surface area contributed by atoms with Crippen LogP contribution in [0.25, 0.3) is 11.1 Å². The Hall–Kier alpha value is -3.07. The number of aryl methyl sites for hydroxylation is 1. The van der Waals surface area contributed by atoms with Crippen molar-refractivity contribution >= 4 is 28.8 Å². The van der Waals surface area contributed by atoms with Crippen LogP contribution in [0.2, 0.25) is 0 Å². The molecule has 2 N–H and O–H groups in total. The summed E-state index contributed by atoms with van der Waals surface area (Å²) in [4.78, 5) is 15.6. The molecule has 8 nitrogen and oxygen atoms in total. The summed E-state index contributed by atoms with van der Waals surface area (Å²) >= 11 is 1.47. The van der Waals surface area contributed by atoms with Gasteiger partial charge in [0.05, 0.1) is 18.6 Å². The third kappa shape index (κ3) is 4.03. The van der Waals surface area contributed by atoms with Gasteiger partial charge >= 0.3 is 0 Å². The van der Waals surface area contributed by atoms with Crippen molar-refractivity contribution in [2.45, 2.75) is 30.3 Å². The number of nitrogens with zero attached hydrogens (tertiary/aromatic N) is 4. The number of para-hydroxylation sites is 2. The Kier molecular flexibility index (Phi) is 4.93. The molecule has 1 amide bonds. The highest BCUT2D eigenvalue weighted by Gasteiger charge is 2.16. The molecule has 0 saturated heterocycles. The van der Waals surface area contributed by atoms with E-state index in [9.17, 15) is 4.79 Å². The fourth-order valence-electron chi connectivity index (χ4n) is 2.67. The number of oxazole rings is 1. The van der Waals surface area contributed by atoms with E-state index in [1.165, 1.54) is 11.8 Å². The number of fused-ring (bicyclic) bond motifs is 1. The minimum absolute atomic E-state index is 0.214. The highest BCUT2D eigenvalue weighted by molar-refractivity contribution is 7.98. The first kappa shape index (κ1) is 17.3. The van der Waals surface area contributed by atoms with Crippen LogP contribution < -0.4 is 5.73 Å². The van der Waals surface area contributed by atoms with Gasteiger partial charge in [0, 0.05) is 12.8 Å². The molecule has 0 spiro atoms. The zero-order valence-corrected chi connectivity index (χ0v) is 15.2. The summed E-state index contributed by atoms with van der Waals surface area (Å²) in [7, 11) is 0. The molecule has 4 aromatic rings. The largest absolute Gasteiger partial charge is 0.467 e. The van der Waals surface area contributed by atoms with Crippen molar-refractivity contribution in [3.63, 3.8) is 0 Å². The van der Waals surface area contributed by atoms with E-state index in [-0.39, 0.29) is 12.3 Å². The van der Waals surface area contributed by atoms with Crippen LogP contribution in [0, 0.1) is 0 Å². The molecule has 9 heteroatoms. The van der Waals surface area contributed by atoms with Crippen LogP contribution in [0.4, 0.5) is 0 Å². The number of rotatable bonds is 8. The van der Waals surface area contributed by atoms with Gasteiger partial charge < -0.3 is 14.6 Å². The zero-order valence-electron chi connectivity index (χ0n) is 14.4. The Balaban J connectivity index is 1.54. The number of benzene rings is 1. The Morgan fingerprint density at radius 3 is 2.85 bits per heavy atom. The molecule has 0 unspecified atom stereocenters. The molecular formula is C18H17N5O3S. The third-order valence-electron chi connectivity index (χ3n) is 3.95. The number of amides is 1. The standard InChI is InChI=1S/C18H17N5O3S/c19-15(24)7-8-16-21-22-18(23(16)10-12-4-3-9-25-12)27-11-17-20-13-5-1-2-6-14(13)26-17/h1-6,9H,7-8,10-11H2,(H2,19,24). The molecule has 0 saturated carbocycles. The van der Waals surface area contributed by atoms with E-state index in [4.69, 9.17) is 14.6 Å². The number of carbonyl (C=O) groups excluding carboxylic acids is 1. The lowest BCUT2D eigenvalue weighted by molar-refractivity contribution is -0.118. The third-order valence-corrected chi connectivity index (χ3v) is 4.90. The van der Waals surface area contributed by atoms with Crippen LogP contribution in [0.5, 0.6) is 0 Å². The molecule has 3 aromatic heterocycles. The molecule has 1 aromatic carbocycles. The number of primary amides is 1.